The zero-order valence-electron chi connectivity index (χ0n) is 21.3. The van der Waals surface area contributed by atoms with Gasteiger partial charge in [-0.3, -0.25) is 9.48 Å². The molecule has 38 heavy (non-hydrogen) atoms. The molecular weight excluding hydrogens is 494 g/mol. The Bertz CT molecular complexity index is 1340. The number of nitrogens with zero attached hydrogens (tertiary/aromatic N) is 6. The van der Waals surface area contributed by atoms with Gasteiger partial charge in [-0.2, -0.15) is 5.10 Å². The third kappa shape index (κ3) is 4.82. The molecule has 5 heterocycles. The second kappa shape index (κ2) is 10.3. The fourth-order valence-electron chi connectivity index (χ4n) is 5.16. The van der Waals surface area contributed by atoms with Crippen molar-refractivity contribution >= 4 is 11.7 Å². The largest absolute Gasteiger partial charge is 0.487 e. The molecule has 9 nitrogen and oxygen atoms in total. The van der Waals surface area contributed by atoms with E-state index in [1.165, 1.54) is 12.1 Å². The van der Waals surface area contributed by atoms with Gasteiger partial charge in [-0.15, -0.1) is 0 Å². The van der Waals surface area contributed by atoms with Crippen molar-refractivity contribution < 1.29 is 23.0 Å². The molecule has 1 amide bonds. The van der Waals surface area contributed by atoms with Crippen molar-refractivity contribution in [3.05, 3.63) is 53.6 Å². The van der Waals surface area contributed by atoms with Crippen LogP contribution in [0.25, 0.3) is 11.3 Å². The molecule has 0 atom stereocenters. The highest BCUT2D eigenvalue weighted by Crippen LogP contribution is 2.33. The Hall–Kier alpha value is -3.60. The van der Waals surface area contributed by atoms with Crippen LogP contribution in [0.4, 0.5) is 14.6 Å². The molecule has 0 N–H and O–H groups in total. The number of benzene rings is 1. The van der Waals surface area contributed by atoms with Crippen LogP contribution < -0.4 is 9.64 Å². The molecule has 0 unspecified atom stereocenters. The predicted octanol–water partition coefficient (Wildman–Crippen LogP) is 3.22. The Morgan fingerprint density at radius 3 is 2.63 bits per heavy atom. The number of carbonyl (C=O) groups is 1. The van der Waals surface area contributed by atoms with Crippen LogP contribution in [-0.2, 0) is 29.0 Å². The summed E-state index contributed by atoms with van der Waals surface area (Å²) in [5.41, 5.74) is 3.35. The molecule has 11 heteroatoms. The minimum Gasteiger partial charge on any atom is -0.487 e. The fraction of sp³-hybridized carbons (Fsp3) is 0.481. The summed E-state index contributed by atoms with van der Waals surface area (Å²) in [6, 6.07) is 3.37. The van der Waals surface area contributed by atoms with E-state index in [0.29, 0.717) is 58.7 Å². The lowest BCUT2D eigenvalue weighted by Gasteiger charge is -2.36. The second-order valence-corrected chi connectivity index (χ2v) is 10.00. The maximum Gasteiger partial charge on any atom is 0.230 e. The summed E-state index contributed by atoms with van der Waals surface area (Å²) in [5, 5.41) is 4.44. The molecule has 6 rings (SSSR count). The van der Waals surface area contributed by atoms with E-state index in [2.05, 4.69) is 10.00 Å². The van der Waals surface area contributed by atoms with Gasteiger partial charge in [0, 0.05) is 63.3 Å². The number of aromatic nitrogens is 4. The number of amides is 1. The van der Waals surface area contributed by atoms with Crippen LogP contribution in [0.2, 0.25) is 0 Å². The van der Waals surface area contributed by atoms with Gasteiger partial charge in [0.1, 0.15) is 17.6 Å². The van der Waals surface area contributed by atoms with Gasteiger partial charge in [-0.05, 0) is 19.1 Å². The summed E-state index contributed by atoms with van der Waals surface area (Å²) in [5.74, 6) is -0.401. The summed E-state index contributed by atoms with van der Waals surface area (Å²) in [6.07, 6.45) is 5.55. The maximum absolute atomic E-state index is 14.1. The molecule has 0 radical (unpaired) electrons. The first-order chi connectivity index (χ1) is 18.5. The molecule has 0 bridgehead atoms. The lowest BCUT2D eigenvalue weighted by Crippen LogP contribution is -2.47. The van der Waals surface area contributed by atoms with Crippen LogP contribution >= 0.6 is 0 Å². The molecule has 2 aromatic heterocycles. The first kappa shape index (κ1) is 24.7. The van der Waals surface area contributed by atoms with E-state index < -0.39 is 11.6 Å². The number of carbonyl (C=O) groups excluding carboxylic acids is 1. The fourth-order valence-corrected chi connectivity index (χ4v) is 5.16. The molecule has 200 valence electrons. The molecule has 3 aliphatic heterocycles. The number of aryl methyl sites for hydroxylation is 1. The topological polar surface area (TPSA) is 85.6 Å². The smallest absolute Gasteiger partial charge is 0.230 e. The van der Waals surface area contributed by atoms with Crippen molar-refractivity contribution in [2.75, 3.05) is 37.7 Å². The van der Waals surface area contributed by atoms with E-state index >= 15 is 0 Å². The van der Waals surface area contributed by atoms with Crippen molar-refractivity contribution in [3.8, 4) is 17.0 Å². The van der Waals surface area contributed by atoms with Crippen LogP contribution in [-0.4, -0.2) is 69.5 Å². The summed E-state index contributed by atoms with van der Waals surface area (Å²) < 4.78 is 40.3. The highest BCUT2D eigenvalue weighted by molar-refractivity contribution is 5.80. The number of ether oxygens (including phenoxy) is 2. The van der Waals surface area contributed by atoms with Crippen molar-refractivity contribution in [2.45, 2.75) is 45.4 Å². The Balaban J connectivity index is 1.23. The lowest BCUT2D eigenvalue weighted by molar-refractivity contribution is -0.150. The molecule has 1 aromatic carbocycles. The first-order valence-corrected chi connectivity index (χ1v) is 13.1. The van der Waals surface area contributed by atoms with Crippen molar-refractivity contribution in [1.82, 2.24) is 24.6 Å². The molecule has 3 aromatic rings. The third-order valence-electron chi connectivity index (χ3n) is 7.45. The van der Waals surface area contributed by atoms with E-state index in [1.54, 1.807) is 6.20 Å². The van der Waals surface area contributed by atoms with Crippen LogP contribution in [0.3, 0.4) is 0 Å². The molecule has 2 fully saturated rings. The SMILES string of the molecule is CCn1cc(-c2nc3c(nc2N2CCC(Oc4ccc(F)cc4F)CC2)CCN(C(=O)C2COC2)C3)cn1. The van der Waals surface area contributed by atoms with E-state index in [1.807, 2.05) is 22.7 Å². The van der Waals surface area contributed by atoms with Crippen molar-refractivity contribution in [3.63, 3.8) is 0 Å². The summed E-state index contributed by atoms with van der Waals surface area (Å²) in [4.78, 5) is 27.0. The number of anilines is 1. The van der Waals surface area contributed by atoms with Crippen molar-refractivity contribution in [1.29, 1.82) is 0 Å². The van der Waals surface area contributed by atoms with Gasteiger partial charge in [0.15, 0.2) is 17.4 Å². The summed E-state index contributed by atoms with van der Waals surface area (Å²) in [7, 11) is 0. The Morgan fingerprint density at radius 1 is 1.13 bits per heavy atom. The monoisotopic (exact) mass is 524 g/mol. The zero-order valence-corrected chi connectivity index (χ0v) is 21.3. The van der Waals surface area contributed by atoms with E-state index in [9.17, 15) is 13.6 Å². The highest BCUT2D eigenvalue weighted by atomic mass is 19.1. The molecule has 0 spiro atoms. The number of piperidine rings is 1. The number of hydrogen-bond donors (Lipinski definition) is 0. The van der Waals surface area contributed by atoms with Crippen LogP contribution in [0, 0.1) is 17.6 Å². The second-order valence-electron chi connectivity index (χ2n) is 10.00. The summed E-state index contributed by atoms with van der Waals surface area (Å²) >= 11 is 0. The van der Waals surface area contributed by atoms with Crippen LogP contribution in [0.5, 0.6) is 5.75 Å². The van der Waals surface area contributed by atoms with Gasteiger partial charge in [-0.25, -0.2) is 18.7 Å². The molecule has 3 aliphatic rings. The van der Waals surface area contributed by atoms with Gasteiger partial charge in [0.2, 0.25) is 5.91 Å². The first-order valence-electron chi connectivity index (χ1n) is 13.1. The van der Waals surface area contributed by atoms with Crippen molar-refractivity contribution in [2.24, 2.45) is 5.92 Å². The minimum absolute atomic E-state index is 0.0575. The number of hydrogen-bond acceptors (Lipinski definition) is 7. The van der Waals surface area contributed by atoms with Gasteiger partial charge >= 0.3 is 0 Å². The molecular formula is C27H30F2N6O3. The standard InChI is InChI=1S/C27H30F2N6O3/c1-2-35-13-17(12-30-35)25-26(32-22-7-10-34(14-23(22)31-25)27(36)18-15-37-16-18)33-8-5-20(6-9-33)38-24-4-3-19(28)11-21(24)29/h3-4,11-13,18,20H,2,5-10,14-16H2,1H3. The highest BCUT2D eigenvalue weighted by Gasteiger charge is 2.34. The minimum atomic E-state index is -0.694. The van der Waals surface area contributed by atoms with E-state index in [4.69, 9.17) is 19.4 Å². The average molecular weight is 525 g/mol. The van der Waals surface area contributed by atoms with Gasteiger partial charge < -0.3 is 19.3 Å². The molecule has 0 aliphatic carbocycles. The quantitative estimate of drug-likeness (QED) is 0.490. The predicted molar refractivity (Wildman–Crippen MR) is 135 cm³/mol. The Kier molecular flexibility index (Phi) is 6.69. The summed E-state index contributed by atoms with van der Waals surface area (Å²) in [6.45, 7) is 6.10. The van der Waals surface area contributed by atoms with Gasteiger partial charge in [0.25, 0.3) is 0 Å². The van der Waals surface area contributed by atoms with Gasteiger partial charge in [-0.1, -0.05) is 0 Å². The van der Waals surface area contributed by atoms with Gasteiger partial charge in [0.05, 0.1) is 43.3 Å². The lowest BCUT2D eigenvalue weighted by atomic mass is 10.0. The Labute approximate surface area is 219 Å². The average Bonchev–Trinajstić information content (AvgIpc) is 3.38. The number of rotatable bonds is 6. The molecule has 2 saturated heterocycles. The normalized spacial score (nSPS) is 18.3. The van der Waals surface area contributed by atoms with Crippen LogP contribution in [0.1, 0.15) is 31.2 Å². The van der Waals surface area contributed by atoms with E-state index in [0.717, 1.165) is 41.1 Å². The maximum atomic E-state index is 14.1. The van der Waals surface area contributed by atoms with Crippen LogP contribution in [0.15, 0.2) is 30.6 Å². The van der Waals surface area contributed by atoms with E-state index in [-0.39, 0.29) is 23.7 Å². The zero-order chi connectivity index (χ0) is 26.2. The number of fused-ring (bicyclic) bond motifs is 1. The molecule has 0 saturated carbocycles. The third-order valence-corrected chi connectivity index (χ3v) is 7.45. The Morgan fingerprint density at radius 2 is 1.95 bits per heavy atom. The number of halogens is 2.